The third kappa shape index (κ3) is 6.34. The molecule has 2 fully saturated rings. The monoisotopic (exact) mass is 639 g/mol. The highest BCUT2D eigenvalue weighted by Crippen LogP contribution is 2.43. The first kappa shape index (κ1) is 31.3. The number of nitrogens with zero attached hydrogens (tertiary/aromatic N) is 5. The molecular weight excluding hydrogens is 606 g/mol. The number of aliphatic carboxylic acids is 1. The number of hydrogen-bond donors (Lipinski definition) is 3. The van der Waals surface area contributed by atoms with Gasteiger partial charge in [-0.3, -0.25) is 4.79 Å². The second-order valence-electron chi connectivity index (χ2n) is 12.1. The number of benzene rings is 2. The number of hydrogen-bond acceptors (Lipinski definition) is 8. The summed E-state index contributed by atoms with van der Waals surface area (Å²) in [6.45, 7) is 4.95. The van der Waals surface area contributed by atoms with Crippen molar-refractivity contribution >= 4 is 17.7 Å². The standard InChI is InChI=1S/C32H33F4N7O3/c1-18-3-4-20(13-23(18)33)21-5-6-22(25(14-21)43-10-7-19(2)41-43)28(32(34,35)36)46-27-15-26(39-30(37)40-27)42-11-8-31(9-12-42)16-24(29(44)45)38-17-31/h3-7,10,13-15,24,28,38H,8-9,11-12,16-17H2,1-2H3,(H,44,45)(H2,37,39,40)/t24-,28+/m0/s1. The fraction of sp³-hybridized carbons (Fsp3) is 0.375. The molecule has 6 rings (SSSR count). The molecule has 4 N–H and O–H groups in total. The lowest BCUT2D eigenvalue weighted by atomic mass is 9.76. The molecule has 4 heterocycles. The fourth-order valence-electron chi connectivity index (χ4n) is 6.23. The molecule has 0 aliphatic carbocycles. The van der Waals surface area contributed by atoms with Gasteiger partial charge in [0.25, 0.3) is 0 Å². The number of carboxylic acids is 1. The average Bonchev–Trinajstić information content (AvgIpc) is 3.63. The Hall–Kier alpha value is -4.72. The number of aryl methyl sites for hydroxylation is 2. The molecule has 2 aromatic heterocycles. The number of carboxylic acid groups (broad SMARTS) is 1. The van der Waals surface area contributed by atoms with Crippen molar-refractivity contribution in [1.29, 1.82) is 0 Å². The molecule has 0 radical (unpaired) electrons. The lowest BCUT2D eigenvalue weighted by Gasteiger charge is -2.39. The van der Waals surface area contributed by atoms with Crippen LogP contribution in [0.1, 0.15) is 42.2 Å². The number of nitrogens with one attached hydrogen (secondary N) is 1. The summed E-state index contributed by atoms with van der Waals surface area (Å²) < 4.78 is 65.7. The zero-order valence-electron chi connectivity index (χ0n) is 25.2. The minimum absolute atomic E-state index is 0.0994. The highest BCUT2D eigenvalue weighted by molar-refractivity contribution is 5.74. The number of rotatable bonds is 7. The molecule has 2 aliphatic rings. The number of aromatic nitrogens is 4. The van der Waals surface area contributed by atoms with Crippen LogP contribution in [0.5, 0.6) is 5.88 Å². The lowest BCUT2D eigenvalue weighted by molar-refractivity contribution is -0.198. The maximum absolute atomic E-state index is 14.8. The summed E-state index contributed by atoms with van der Waals surface area (Å²) in [5, 5.41) is 16.8. The Balaban J connectivity index is 1.31. The third-order valence-electron chi connectivity index (χ3n) is 8.84. The van der Waals surface area contributed by atoms with Gasteiger partial charge in [-0.05, 0) is 73.4 Å². The molecule has 1 spiro atoms. The molecule has 0 bridgehead atoms. The van der Waals surface area contributed by atoms with Crippen LogP contribution in [-0.4, -0.2) is 62.7 Å². The number of piperidine rings is 1. The maximum atomic E-state index is 14.8. The minimum atomic E-state index is -4.87. The molecule has 4 aromatic rings. The highest BCUT2D eigenvalue weighted by Gasteiger charge is 2.46. The second kappa shape index (κ2) is 11.9. The van der Waals surface area contributed by atoms with Crippen LogP contribution in [0.25, 0.3) is 16.8 Å². The summed E-state index contributed by atoms with van der Waals surface area (Å²) in [7, 11) is 0. The van der Waals surface area contributed by atoms with Crippen molar-refractivity contribution in [2.45, 2.75) is 51.4 Å². The molecule has 0 saturated carbocycles. The smallest absolute Gasteiger partial charge is 0.429 e. The Labute approximate surface area is 262 Å². The van der Waals surface area contributed by atoms with Gasteiger partial charge in [-0.2, -0.15) is 28.2 Å². The molecule has 2 aliphatic heterocycles. The van der Waals surface area contributed by atoms with E-state index >= 15 is 0 Å². The number of anilines is 2. The van der Waals surface area contributed by atoms with Crippen molar-refractivity contribution in [3.63, 3.8) is 0 Å². The summed E-state index contributed by atoms with van der Waals surface area (Å²) in [5.74, 6) is -1.60. The van der Waals surface area contributed by atoms with E-state index in [0.29, 0.717) is 67.1 Å². The number of carbonyl (C=O) groups is 1. The first-order valence-corrected chi connectivity index (χ1v) is 14.8. The third-order valence-corrected chi connectivity index (χ3v) is 8.84. The second-order valence-corrected chi connectivity index (χ2v) is 12.1. The van der Waals surface area contributed by atoms with Gasteiger partial charge in [0.05, 0.1) is 11.4 Å². The summed E-state index contributed by atoms with van der Waals surface area (Å²) in [6.07, 6.45) is -3.91. The van der Waals surface area contributed by atoms with Crippen molar-refractivity contribution in [2.24, 2.45) is 5.41 Å². The molecule has 2 aromatic carbocycles. The van der Waals surface area contributed by atoms with Crippen molar-refractivity contribution in [2.75, 3.05) is 30.3 Å². The number of alkyl halides is 3. The summed E-state index contributed by atoms with van der Waals surface area (Å²) in [5.41, 5.74) is 7.68. The summed E-state index contributed by atoms with van der Waals surface area (Å²) in [6, 6.07) is 11.3. The first-order valence-electron chi connectivity index (χ1n) is 14.8. The molecule has 2 atom stereocenters. The largest absolute Gasteiger partial charge is 0.480 e. The van der Waals surface area contributed by atoms with Gasteiger partial charge in [-0.1, -0.05) is 24.3 Å². The van der Waals surface area contributed by atoms with Crippen LogP contribution < -0.4 is 20.7 Å². The normalized spacial score (nSPS) is 18.6. The average molecular weight is 640 g/mol. The van der Waals surface area contributed by atoms with E-state index in [9.17, 15) is 27.5 Å². The summed E-state index contributed by atoms with van der Waals surface area (Å²) in [4.78, 5) is 21.6. The van der Waals surface area contributed by atoms with Gasteiger partial charge in [0.1, 0.15) is 17.7 Å². The Bertz CT molecular complexity index is 1770. The lowest BCUT2D eigenvalue weighted by Crippen LogP contribution is -2.41. The topological polar surface area (TPSA) is 131 Å². The maximum Gasteiger partial charge on any atom is 0.429 e. The van der Waals surface area contributed by atoms with Crippen LogP contribution in [-0.2, 0) is 4.79 Å². The van der Waals surface area contributed by atoms with Crippen molar-refractivity contribution in [3.8, 4) is 22.7 Å². The zero-order chi connectivity index (χ0) is 32.8. The van der Waals surface area contributed by atoms with Crippen LogP contribution in [0.3, 0.4) is 0 Å². The van der Waals surface area contributed by atoms with Crippen molar-refractivity contribution in [1.82, 2.24) is 25.1 Å². The minimum Gasteiger partial charge on any atom is -0.480 e. The van der Waals surface area contributed by atoms with Crippen LogP contribution >= 0.6 is 0 Å². The number of nitrogens with two attached hydrogens (primary N) is 1. The van der Waals surface area contributed by atoms with E-state index in [-0.39, 0.29) is 28.5 Å². The zero-order valence-corrected chi connectivity index (χ0v) is 25.2. The highest BCUT2D eigenvalue weighted by atomic mass is 19.4. The van der Waals surface area contributed by atoms with Crippen molar-refractivity contribution < 1.29 is 32.2 Å². The number of nitrogen functional groups attached to an aromatic ring is 1. The Morgan fingerprint density at radius 1 is 1.09 bits per heavy atom. The molecule has 0 unspecified atom stereocenters. The van der Waals surface area contributed by atoms with Crippen LogP contribution in [0.15, 0.2) is 54.7 Å². The van der Waals surface area contributed by atoms with E-state index in [2.05, 4.69) is 20.4 Å². The molecule has 46 heavy (non-hydrogen) atoms. The van der Waals surface area contributed by atoms with Gasteiger partial charge in [0.2, 0.25) is 17.9 Å². The predicted molar refractivity (Wildman–Crippen MR) is 162 cm³/mol. The van der Waals surface area contributed by atoms with E-state index in [4.69, 9.17) is 10.5 Å². The molecule has 14 heteroatoms. The SMILES string of the molecule is Cc1ccn(-c2cc(-c3ccc(C)c(F)c3)ccc2[C@@H](Oc2cc(N3CCC4(CC3)CN[C@H](C(=O)O)C4)nc(N)n2)C(F)(F)F)n1. The number of ether oxygens (including phenoxy) is 1. The molecule has 10 nitrogen and oxygen atoms in total. The van der Waals surface area contributed by atoms with E-state index in [1.807, 2.05) is 4.90 Å². The fourth-order valence-corrected chi connectivity index (χ4v) is 6.23. The van der Waals surface area contributed by atoms with Gasteiger partial charge in [-0.15, -0.1) is 0 Å². The van der Waals surface area contributed by atoms with Gasteiger partial charge in [0, 0.05) is 37.5 Å². The van der Waals surface area contributed by atoms with E-state index in [1.54, 1.807) is 38.2 Å². The Morgan fingerprint density at radius 2 is 1.80 bits per heavy atom. The van der Waals surface area contributed by atoms with Crippen molar-refractivity contribution in [3.05, 3.63) is 77.4 Å². The molecule has 242 valence electrons. The molecular formula is C32H33F4N7O3. The van der Waals surface area contributed by atoms with Gasteiger partial charge >= 0.3 is 12.1 Å². The van der Waals surface area contributed by atoms with Crippen LogP contribution in [0.4, 0.5) is 29.3 Å². The molecule has 0 amide bonds. The Morgan fingerprint density at radius 3 is 2.43 bits per heavy atom. The van der Waals surface area contributed by atoms with Crippen LogP contribution in [0, 0.1) is 25.1 Å². The Kier molecular flexibility index (Phi) is 8.09. The summed E-state index contributed by atoms with van der Waals surface area (Å²) >= 11 is 0. The van der Waals surface area contributed by atoms with Crippen LogP contribution in [0.2, 0.25) is 0 Å². The quantitative estimate of drug-likeness (QED) is 0.228. The number of halogens is 4. The van der Waals surface area contributed by atoms with E-state index < -0.39 is 30.1 Å². The molecule has 2 saturated heterocycles. The van der Waals surface area contributed by atoms with Gasteiger partial charge < -0.3 is 25.8 Å². The first-order chi connectivity index (χ1) is 21.8. The van der Waals surface area contributed by atoms with E-state index in [0.717, 1.165) is 0 Å². The van der Waals surface area contributed by atoms with Gasteiger partial charge in [0.15, 0.2) is 0 Å². The van der Waals surface area contributed by atoms with Gasteiger partial charge in [-0.25, -0.2) is 9.07 Å². The predicted octanol–water partition coefficient (Wildman–Crippen LogP) is 5.38. The van der Waals surface area contributed by atoms with E-state index in [1.165, 1.54) is 35.0 Å².